The average Bonchev–Trinajstić information content (AvgIpc) is 2.96. The molecule has 1 aliphatic carbocycles. The van der Waals surface area contributed by atoms with Gasteiger partial charge in [-0.1, -0.05) is 6.42 Å². The van der Waals surface area contributed by atoms with Crippen LogP contribution in [0.2, 0.25) is 0 Å². The summed E-state index contributed by atoms with van der Waals surface area (Å²) in [5.74, 6) is -0.661. The summed E-state index contributed by atoms with van der Waals surface area (Å²) in [6.45, 7) is 0. The number of oxazole rings is 1. The molecule has 0 spiro atoms. The van der Waals surface area contributed by atoms with Gasteiger partial charge >= 0.3 is 5.97 Å². The Morgan fingerprint density at radius 3 is 2.76 bits per heavy atom. The highest BCUT2D eigenvalue weighted by molar-refractivity contribution is 5.95. The SMILES string of the molecule is O=C(O)c1cc(-c2nc3cc(NC(=O)C4CCC4)ccc3o2)ccn1. The zero-order chi connectivity index (χ0) is 17.4. The minimum Gasteiger partial charge on any atom is -0.477 e. The maximum absolute atomic E-state index is 12.0. The lowest BCUT2D eigenvalue weighted by Gasteiger charge is -2.23. The van der Waals surface area contributed by atoms with E-state index in [0.29, 0.717) is 28.2 Å². The first-order valence-corrected chi connectivity index (χ1v) is 8.01. The van der Waals surface area contributed by atoms with Gasteiger partial charge < -0.3 is 14.8 Å². The monoisotopic (exact) mass is 337 g/mol. The van der Waals surface area contributed by atoms with Crippen LogP contribution in [0.3, 0.4) is 0 Å². The van der Waals surface area contributed by atoms with Crippen molar-refractivity contribution < 1.29 is 19.1 Å². The van der Waals surface area contributed by atoms with Crippen molar-refractivity contribution in [3.05, 3.63) is 42.2 Å². The van der Waals surface area contributed by atoms with Crippen molar-refractivity contribution in [3.63, 3.8) is 0 Å². The lowest BCUT2D eigenvalue weighted by Crippen LogP contribution is -2.27. The van der Waals surface area contributed by atoms with E-state index in [9.17, 15) is 9.59 Å². The van der Waals surface area contributed by atoms with E-state index < -0.39 is 5.97 Å². The number of carbonyl (C=O) groups excluding carboxylic acids is 1. The molecule has 2 aromatic heterocycles. The van der Waals surface area contributed by atoms with E-state index in [-0.39, 0.29) is 17.5 Å². The largest absolute Gasteiger partial charge is 0.477 e. The number of fused-ring (bicyclic) bond motifs is 1. The van der Waals surface area contributed by atoms with E-state index in [4.69, 9.17) is 9.52 Å². The van der Waals surface area contributed by atoms with Gasteiger partial charge in [-0.2, -0.15) is 0 Å². The molecule has 0 bridgehead atoms. The maximum atomic E-state index is 12.0. The Morgan fingerprint density at radius 1 is 1.20 bits per heavy atom. The van der Waals surface area contributed by atoms with E-state index in [1.54, 1.807) is 24.3 Å². The lowest BCUT2D eigenvalue weighted by atomic mass is 9.85. The van der Waals surface area contributed by atoms with E-state index in [2.05, 4.69) is 15.3 Å². The summed E-state index contributed by atoms with van der Waals surface area (Å²) < 4.78 is 5.68. The molecule has 0 saturated heterocycles. The Bertz CT molecular complexity index is 975. The minimum absolute atomic E-state index is 0.0366. The number of aromatic nitrogens is 2. The number of carbonyl (C=O) groups is 2. The predicted octanol–water partition coefficient (Wildman–Crippen LogP) is 3.33. The van der Waals surface area contributed by atoms with Gasteiger partial charge in [-0.15, -0.1) is 0 Å². The molecule has 4 rings (SSSR count). The normalized spacial score (nSPS) is 14.2. The molecule has 0 radical (unpaired) electrons. The molecule has 7 nitrogen and oxygen atoms in total. The topological polar surface area (TPSA) is 105 Å². The van der Waals surface area contributed by atoms with Gasteiger partial charge in [0.25, 0.3) is 0 Å². The number of rotatable bonds is 4. The van der Waals surface area contributed by atoms with Gasteiger partial charge in [0.05, 0.1) is 0 Å². The van der Waals surface area contributed by atoms with Crippen molar-refractivity contribution in [2.45, 2.75) is 19.3 Å². The number of aromatic carboxylic acids is 1. The van der Waals surface area contributed by atoms with Crippen molar-refractivity contribution in [1.29, 1.82) is 0 Å². The highest BCUT2D eigenvalue weighted by Crippen LogP contribution is 2.29. The van der Waals surface area contributed by atoms with E-state index >= 15 is 0 Å². The van der Waals surface area contributed by atoms with Gasteiger partial charge in [0.2, 0.25) is 11.8 Å². The fourth-order valence-corrected chi connectivity index (χ4v) is 2.72. The lowest BCUT2D eigenvalue weighted by molar-refractivity contribution is -0.122. The second-order valence-electron chi connectivity index (χ2n) is 6.05. The zero-order valence-electron chi connectivity index (χ0n) is 13.2. The molecule has 1 amide bonds. The fourth-order valence-electron chi connectivity index (χ4n) is 2.72. The predicted molar refractivity (Wildman–Crippen MR) is 90.2 cm³/mol. The summed E-state index contributed by atoms with van der Waals surface area (Å²) in [6, 6.07) is 8.30. The Morgan fingerprint density at radius 2 is 2.04 bits per heavy atom. The van der Waals surface area contributed by atoms with Crippen LogP contribution in [-0.4, -0.2) is 27.0 Å². The molecular formula is C18H15N3O4. The van der Waals surface area contributed by atoms with Crippen LogP contribution in [0, 0.1) is 5.92 Å². The van der Waals surface area contributed by atoms with E-state index in [1.807, 2.05) is 0 Å². The number of carboxylic acids is 1. The number of pyridine rings is 1. The summed E-state index contributed by atoms with van der Waals surface area (Å²) in [5, 5.41) is 11.9. The highest BCUT2D eigenvalue weighted by Gasteiger charge is 2.25. The Kier molecular flexibility index (Phi) is 3.68. The Labute approximate surface area is 142 Å². The third-order valence-corrected chi connectivity index (χ3v) is 4.36. The highest BCUT2D eigenvalue weighted by atomic mass is 16.4. The van der Waals surface area contributed by atoms with Crippen LogP contribution >= 0.6 is 0 Å². The molecule has 2 heterocycles. The molecule has 0 aliphatic heterocycles. The number of nitrogens with zero attached hydrogens (tertiary/aromatic N) is 2. The van der Waals surface area contributed by atoms with Crippen LogP contribution in [0.25, 0.3) is 22.6 Å². The Hall–Kier alpha value is -3.22. The van der Waals surface area contributed by atoms with Crippen molar-refractivity contribution >= 4 is 28.7 Å². The number of hydrogen-bond donors (Lipinski definition) is 2. The first-order chi connectivity index (χ1) is 12.1. The van der Waals surface area contributed by atoms with Gasteiger partial charge in [0, 0.05) is 23.4 Å². The molecule has 1 aliphatic rings. The van der Waals surface area contributed by atoms with E-state index in [0.717, 1.165) is 19.3 Å². The van der Waals surface area contributed by atoms with Gasteiger partial charge in [-0.3, -0.25) is 4.79 Å². The minimum atomic E-state index is -1.11. The first kappa shape index (κ1) is 15.3. The quantitative estimate of drug-likeness (QED) is 0.756. The summed E-state index contributed by atoms with van der Waals surface area (Å²) in [7, 11) is 0. The second-order valence-corrected chi connectivity index (χ2v) is 6.05. The van der Waals surface area contributed by atoms with Crippen LogP contribution in [-0.2, 0) is 4.79 Å². The Balaban J connectivity index is 1.62. The number of benzene rings is 1. The van der Waals surface area contributed by atoms with Crippen molar-refractivity contribution in [2.24, 2.45) is 5.92 Å². The number of nitrogens with one attached hydrogen (secondary N) is 1. The maximum Gasteiger partial charge on any atom is 0.354 e. The zero-order valence-corrected chi connectivity index (χ0v) is 13.2. The van der Waals surface area contributed by atoms with Gasteiger partial charge in [0.15, 0.2) is 5.58 Å². The molecule has 7 heteroatoms. The smallest absolute Gasteiger partial charge is 0.354 e. The van der Waals surface area contributed by atoms with Crippen molar-refractivity contribution in [1.82, 2.24) is 9.97 Å². The fraction of sp³-hybridized carbons (Fsp3) is 0.222. The third-order valence-electron chi connectivity index (χ3n) is 4.36. The molecule has 1 fully saturated rings. The number of anilines is 1. The molecule has 2 N–H and O–H groups in total. The standard InChI is InChI=1S/C18H15N3O4/c22-16(10-2-1-3-10)20-12-4-5-15-13(9-12)21-17(25-15)11-6-7-19-14(8-11)18(23)24/h4-10H,1-3H2,(H,20,22)(H,23,24). The third kappa shape index (κ3) is 2.96. The number of amides is 1. The van der Waals surface area contributed by atoms with Crippen molar-refractivity contribution in [3.8, 4) is 11.5 Å². The summed E-state index contributed by atoms with van der Waals surface area (Å²) in [6.07, 6.45) is 4.39. The van der Waals surface area contributed by atoms with Gasteiger partial charge in [0.1, 0.15) is 11.2 Å². The molecular weight excluding hydrogens is 322 g/mol. The van der Waals surface area contributed by atoms with Crippen molar-refractivity contribution in [2.75, 3.05) is 5.32 Å². The van der Waals surface area contributed by atoms with Gasteiger partial charge in [-0.05, 0) is 43.2 Å². The van der Waals surface area contributed by atoms with Gasteiger partial charge in [-0.25, -0.2) is 14.8 Å². The molecule has 3 aromatic rings. The first-order valence-electron chi connectivity index (χ1n) is 8.01. The number of carboxylic acid groups (broad SMARTS) is 1. The van der Waals surface area contributed by atoms with Crippen LogP contribution in [0.15, 0.2) is 40.9 Å². The van der Waals surface area contributed by atoms with Crippen LogP contribution in [0.5, 0.6) is 0 Å². The van der Waals surface area contributed by atoms with Crippen LogP contribution < -0.4 is 5.32 Å². The van der Waals surface area contributed by atoms with Crippen LogP contribution in [0.1, 0.15) is 29.8 Å². The summed E-state index contributed by atoms with van der Waals surface area (Å²) in [4.78, 5) is 31.2. The molecule has 25 heavy (non-hydrogen) atoms. The summed E-state index contributed by atoms with van der Waals surface area (Å²) >= 11 is 0. The molecule has 0 atom stereocenters. The molecule has 1 saturated carbocycles. The molecule has 1 aromatic carbocycles. The number of hydrogen-bond acceptors (Lipinski definition) is 5. The average molecular weight is 337 g/mol. The molecule has 126 valence electrons. The van der Waals surface area contributed by atoms with Crippen LogP contribution in [0.4, 0.5) is 5.69 Å². The van der Waals surface area contributed by atoms with E-state index in [1.165, 1.54) is 12.3 Å². The summed E-state index contributed by atoms with van der Waals surface area (Å²) in [5.41, 5.74) is 2.28. The molecule has 0 unspecified atom stereocenters. The second kappa shape index (κ2) is 6.01.